The van der Waals surface area contributed by atoms with E-state index in [4.69, 9.17) is 0 Å². The lowest BCUT2D eigenvalue weighted by molar-refractivity contribution is 0.202. The lowest BCUT2D eigenvalue weighted by Crippen LogP contribution is -2.31. The maximum Gasteiger partial charge on any atom is -0.0129 e. The van der Waals surface area contributed by atoms with Crippen molar-refractivity contribution >= 4 is 0 Å². The first kappa shape index (κ1) is 11.0. The smallest absolute Gasteiger partial charge is 0.0129 e. The monoisotopic (exact) mass is 204 g/mol. The van der Waals surface area contributed by atoms with Crippen LogP contribution in [0, 0.1) is 23.7 Å². The molecule has 0 saturated heterocycles. The molecule has 1 unspecified atom stereocenters. The van der Waals surface area contributed by atoms with Crippen LogP contribution in [-0.2, 0) is 0 Å². The van der Waals surface area contributed by atoms with Crippen LogP contribution in [-0.4, -0.2) is 0 Å². The van der Waals surface area contributed by atoms with Gasteiger partial charge in [-0.15, -0.1) is 0 Å². The fraction of sp³-hybridized carbons (Fsp3) is 0.733. The van der Waals surface area contributed by atoms with Gasteiger partial charge in [-0.2, -0.15) is 0 Å². The molecular formula is C15H24. The number of rotatable bonds is 1. The minimum Gasteiger partial charge on any atom is -0.0727 e. The summed E-state index contributed by atoms with van der Waals surface area (Å²) < 4.78 is 0. The van der Waals surface area contributed by atoms with E-state index in [2.05, 4.69) is 39.8 Å². The number of allylic oxidation sites excluding steroid dienone is 4. The van der Waals surface area contributed by atoms with Gasteiger partial charge in [0.2, 0.25) is 0 Å². The second kappa shape index (κ2) is 4.15. The molecule has 0 aromatic carbocycles. The van der Waals surface area contributed by atoms with E-state index in [0.717, 1.165) is 23.7 Å². The van der Waals surface area contributed by atoms with Crippen LogP contribution in [0.15, 0.2) is 23.3 Å². The summed E-state index contributed by atoms with van der Waals surface area (Å²) >= 11 is 0. The normalized spacial score (nSPS) is 35.9. The van der Waals surface area contributed by atoms with Crippen LogP contribution in [0.5, 0.6) is 0 Å². The van der Waals surface area contributed by atoms with Crippen molar-refractivity contribution in [3.05, 3.63) is 23.3 Å². The third-order valence-corrected chi connectivity index (χ3v) is 4.41. The molecule has 0 spiro atoms. The van der Waals surface area contributed by atoms with Crippen LogP contribution in [0.25, 0.3) is 0 Å². The Morgan fingerprint density at radius 3 is 2.60 bits per heavy atom. The van der Waals surface area contributed by atoms with E-state index < -0.39 is 0 Å². The van der Waals surface area contributed by atoms with Crippen LogP contribution in [0.3, 0.4) is 0 Å². The van der Waals surface area contributed by atoms with E-state index in [1.165, 1.54) is 19.3 Å². The quantitative estimate of drug-likeness (QED) is 0.586. The van der Waals surface area contributed by atoms with Gasteiger partial charge in [0.15, 0.2) is 0 Å². The first-order valence-corrected chi connectivity index (χ1v) is 6.47. The van der Waals surface area contributed by atoms with Gasteiger partial charge >= 0.3 is 0 Å². The molecule has 0 nitrogen and oxygen atoms in total. The Bertz CT molecular complexity index is 293. The topological polar surface area (TPSA) is 0 Å². The maximum absolute atomic E-state index is 2.42. The van der Waals surface area contributed by atoms with Gasteiger partial charge in [0.25, 0.3) is 0 Å². The molecule has 0 radical (unpaired) electrons. The van der Waals surface area contributed by atoms with E-state index in [9.17, 15) is 0 Å². The molecule has 0 bridgehead atoms. The van der Waals surface area contributed by atoms with Crippen molar-refractivity contribution in [1.29, 1.82) is 0 Å². The highest BCUT2D eigenvalue weighted by Gasteiger charge is 2.35. The van der Waals surface area contributed by atoms with Crippen LogP contribution in [0.1, 0.15) is 47.0 Å². The highest BCUT2D eigenvalue weighted by atomic mass is 14.4. The average Bonchev–Trinajstić information content (AvgIpc) is 2.17. The van der Waals surface area contributed by atoms with Crippen LogP contribution >= 0.6 is 0 Å². The molecule has 1 saturated carbocycles. The molecule has 0 heterocycles. The SMILES string of the molecule is CC1=CC=C2C(C1)[C@H](C(C)C)CC[C@H]2C. The third-order valence-electron chi connectivity index (χ3n) is 4.41. The summed E-state index contributed by atoms with van der Waals surface area (Å²) in [4.78, 5) is 0. The first-order chi connectivity index (χ1) is 7.09. The Morgan fingerprint density at radius 1 is 1.20 bits per heavy atom. The molecule has 2 rings (SSSR count). The van der Waals surface area contributed by atoms with E-state index >= 15 is 0 Å². The van der Waals surface area contributed by atoms with Gasteiger partial charge in [-0.05, 0) is 49.9 Å². The molecule has 0 amide bonds. The zero-order chi connectivity index (χ0) is 11.0. The predicted molar refractivity (Wildman–Crippen MR) is 66.7 cm³/mol. The summed E-state index contributed by atoms with van der Waals surface area (Å²) in [7, 11) is 0. The van der Waals surface area contributed by atoms with Crippen molar-refractivity contribution in [1.82, 2.24) is 0 Å². The van der Waals surface area contributed by atoms with Gasteiger partial charge in [0.05, 0.1) is 0 Å². The minimum atomic E-state index is 0.828. The Labute approximate surface area is 94.5 Å². The van der Waals surface area contributed by atoms with Crippen molar-refractivity contribution in [3.8, 4) is 0 Å². The van der Waals surface area contributed by atoms with Crippen LogP contribution < -0.4 is 0 Å². The summed E-state index contributed by atoms with van der Waals surface area (Å²) in [5, 5.41) is 0. The third kappa shape index (κ3) is 2.04. The summed E-state index contributed by atoms with van der Waals surface area (Å²) in [6.07, 6.45) is 8.92. The lowest BCUT2D eigenvalue weighted by Gasteiger charge is -2.41. The highest BCUT2D eigenvalue weighted by molar-refractivity contribution is 5.29. The molecule has 3 atom stereocenters. The molecule has 1 fully saturated rings. The molecule has 0 N–H and O–H groups in total. The van der Waals surface area contributed by atoms with Crippen molar-refractivity contribution in [2.24, 2.45) is 23.7 Å². The molecule has 84 valence electrons. The van der Waals surface area contributed by atoms with Gasteiger partial charge in [-0.25, -0.2) is 0 Å². The molecule has 0 aromatic heterocycles. The van der Waals surface area contributed by atoms with Gasteiger partial charge in [0, 0.05) is 0 Å². The molecule has 15 heavy (non-hydrogen) atoms. The molecule has 0 aliphatic heterocycles. The van der Waals surface area contributed by atoms with Crippen molar-refractivity contribution in [2.75, 3.05) is 0 Å². The fourth-order valence-corrected chi connectivity index (χ4v) is 3.43. The first-order valence-electron chi connectivity index (χ1n) is 6.47. The second-order valence-corrected chi connectivity index (χ2v) is 5.88. The summed E-state index contributed by atoms with van der Waals surface area (Å²) in [5.41, 5.74) is 3.31. The summed E-state index contributed by atoms with van der Waals surface area (Å²) in [5.74, 6) is 3.46. The van der Waals surface area contributed by atoms with Crippen molar-refractivity contribution in [3.63, 3.8) is 0 Å². The van der Waals surface area contributed by atoms with Gasteiger partial charge in [0.1, 0.15) is 0 Å². The summed E-state index contributed by atoms with van der Waals surface area (Å²) in [6, 6.07) is 0. The standard InChI is InChI=1S/C15H24/c1-10(2)13-8-6-12(4)14-7-5-11(3)9-15(13)14/h5,7,10,12-13,15H,6,8-9H2,1-4H3/t12-,13+,15?/m1/s1. The summed E-state index contributed by atoms with van der Waals surface area (Å²) in [6.45, 7) is 9.48. The zero-order valence-corrected chi connectivity index (χ0v) is 10.6. The van der Waals surface area contributed by atoms with E-state index in [0.29, 0.717) is 0 Å². The van der Waals surface area contributed by atoms with E-state index in [-0.39, 0.29) is 0 Å². The molecule has 0 aromatic rings. The average molecular weight is 204 g/mol. The molecule has 2 aliphatic carbocycles. The highest BCUT2D eigenvalue weighted by Crippen LogP contribution is 2.46. The molecule has 0 heteroatoms. The van der Waals surface area contributed by atoms with Crippen molar-refractivity contribution in [2.45, 2.75) is 47.0 Å². The van der Waals surface area contributed by atoms with E-state index in [1.54, 1.807) is 11.1 Å². The minimum absolute atomic E-state index is 0.828. The van der Waals surface area contributed by atoms with Gasteiger partial charge in [-0.1, -0.05) is 44.1 Å². The Morgan fingerprint density at radius 2 is 1.93 bits per heavy atom. The van der Waals surface area contributed by atoms with Gasteiger partial charge < -0.3 is 0 Å². The number of hydrogen-bond acceptors (Lipinski definition) is 0. The predicted octanol–water partition coefficient (Wildman–Crippen LogP) is 4.58. The van der Waals surface area contributed by atoms with Crippen LogP contribution in [0.4, 0.5) is 0 Å². The molecule has 2 aliphatic rings. The Hall–Kier alpha value is -0.520. The Balaban J connectivity index is 2.25. The fourth-order valence-electron chi connectivity index (χ4n) is 3.43. The van der Waals surface area contributed by atoms with Gasteiger partial charge in [-0.3, -0.25) is 0 Å². The second-order valence-electron chi connectivity index (χ2n) is 5.88. The Kier molecular flexibility index (Phi) is 3.04. The zero-order valence-electron chi connectivity index (χ0n) is 10.6. The lowest BCUT2D eigenvalue weighted by atomic mass is 9.64. The van der Waals surface area contributed by atoms with E-state index in [1.807, 2.05) is 0 Å². The molecular weight excluding hydrogens is 180 g/mol. The number of hydrogen-bond donors (Lipinski definition) is 0. The largest absolute Gasteiger partial charge is 0.0727 e. The van der Waals surface area contributed by atoms with Crippen molar-refractivity contribution < 1.29 is 0 Å². The number of fused-ring (bicyclic) bond motifs is 1. The maximum atomic E-state index is 2.42. The van der Waals surface area contributed by atoms with Crippen LogP contribution in [0.2, 0.25) is 0 Å².